The Hall–Kier alpha value is -4.84. The highest BCUT2D eigenvalue weighted by Gasteiger charge is 2.24. The molecule has 10 nitrogen and oxygen atoms in total. The maximum absolute atomic E-state index is 11.3. The molecule has 2 aromatic heterocycles. The number of ether oxygens (including phenoxy) is 1. The molecule has 0 bridgehead atoms. The van der Waals surface area contributed by atoms with E-state index < -0.39 is 6.61 Å². The number of rotatable bonds is 8. The molecule has 12 heteroatoms. The van der Waals surface area contributed by atoms with E-state index in [0.29, 0.717) is 25.4 Å². The number of aryl methyl sites for hydroxylation is 1. The van der Waals surface area contributed by atoms with Crippen molar-refractivity contribution in [3.63, 3.8) is 0 Å². The number of likely N-dealkylation sites (tertiary alicyclic amines) is 1. The van der Waals surface area contributed by atoms with Gasteiger partial charge in [0.2, 0.25) is 18.7 Å². The minimum Gasteiger partial charge on any atom is -0.457 e. The summed E-state index contributed by atoms with van der Waals surface area (Å²) < 4.78 is 27.4. The molecule has 1 aliphatic rings. The first-order chi connectivity index (χ1) is 20.7. The van der Waals surface area contributed by atoms with E-state index in [2.05, 4.69) is 28.6 Å². The zero-order valence-corrected chi connectivity index (χ0v) is 24.1. The van der Waals surface area contributed by atoms with Gasteiger partial charge in [-0.15, -0.1) is 0 Å². The van der Waals surface area contributed by atoms with Gasteiger partial charge in [-0.05, 0) is 68.1 Å². The minimum absolute atomic E-state index is 0.0205. The number of nitrogens with one attached hydrogen (secondary N) is 2. The lowest BCUT2D eigenvalue weighted by atomic mass is 10.2. The fourth-order valence-electron chi connectivity index (χ4n) is 4.11. The first-order valence-electron chi connectivity index (χ1n) is 13.5. The number of alkyl halides is 2. The third-order valence-electron chi connectivity index (χ3n) is 6.02. The van der Waals surface area contributed by atoms with E-state index in [1.54, 1.807) is 12.4 Å². The number of hydrogen-bond acceptors (Lipinski definition) is 6. The van der Waals surface area contributed by atoms with Gasteiger partial charge in [0.1, 0.15) is 11.5 Å². The van der Waals surface area contributed by atoms with Crippen LogP contribution in [0.25, 0.3) is 5.52 Å². The van der Waals surface area contributed by atoms with Crippen LogP contribution in [-0.2, 0) is 20.9 Å². The molecule has 1 saturated heterocycles. The molecule has 3 heterocycles. The van der Waals surface area contributed by atoms with Gasteiger partial charge in [-0.25, -0.2) is 0 Å². The largest absolute Gasteiger partial charge is 0.457 e. The van der Waals surface area contributed by atoms with Gasteiger partial charge >= 0.3 is 6.61 Å². The van der Waals surface area contributed by atoms with Crippen molar-refractivity contribution >= 4 is 24.2 Å². The Morgan fingerprint density at radius 3 is 2.40 bits per heavy atom. The zero-order chi connectivity index (χ0) is 31.5. The van der Waals surface area contributed by atoms with Gasteiger partial charge in [-0.2, -0.15) is 8.78 Å². The minimum atomic E-state index is -3.17. The molecule has 0 spiro atoms. The third-order valence-corrected chi connectivity index (χ3v) is 6.02. The Labute approximate surface area is 249 Å². The van der Waals surface area contributed by atoms with E-state index in [1.165, 1.54) is 5.56 Å². The van der Waals surface area contributed by atoms with Crippen LogP contribution in [0.5, 0.6) is 11.5 Å². The predicted molar refractivity (Wildman–Crippen MR) is 158 cm³/mol. The summed E-state index contributed by atoms with van der Waals surface area (Å²) in [5.41, 5.74) is 3.31. The van der Waals surface area contributed by atoms with E-state index in [9.17, 15) is 23.2 Å². The molecule has 1 aliphatic heterocycles. The van der Waals surface area contributed by atoms with Crippen molar-refractivity contribution in [1.29, 1.82) is 0 Å². The Balaban J connectivity index is 0.000000212. The van der Waals surface area contributed by atoms with E-state index in [1.807, 2.05) is 83.2 Å². The topological polar surface area (TPSA) is 125 Å². The number of aliphatic hydroxyl groups excluding tert-OH is 1. The van der Waals surface area contributed by atoms with Gasteiger partial charge in [0, 0.05) is 37.7 Å². The second-order valence-electron chi connectivity index (χ2n) is 9.34. The zero-order valence-electron chi connectivity index (χ0n) is 24.1. The summed E-state index contributed by atoms with van der Waals surface area (Å²) in [4.78, 5) is 37.1. The van der Waals surface area contributed by atoms with Crippen molar-refractivity contribution in [3.8, 4) is 11.5 Å². The molecule has 0 aliphatic carbocycles. The highest BCUT2D eigenvalue weighted by Crippen LogP contribution is 2.21. The van der Waals surface area contributed by atoms with E-state index in [0.717, 1.165) is 42.0 Å². The molecule has 43 heavy (non-hydrogen) atoms. The highest BCUT2D eigenvalue weighted by molar-refractivity contribution is 5.80. The van der Waals surface area contributed by atoms with Crippen LogP contribution in [0.15, 0.2) is 85.5 Å². The molecule has 3 amide bonds. The molecule has 3 N–H and O–H groups in total. The number of aromatic nitrogens is 2. The number of aliphatic hydroxyl groups is 1. The summed E-state index contributed by atoms with van der Waals surface area (Å²) in [6.45, 7) is 2.45. The molecule has 1 fully saturated rings. The molecule has 4 aromatic rings. The van der Waals surface area contributed by atoms with Gasteiger partial charge in [-0.1, -0.05) is 30.3 Å². The van der Waals surface area contributed by atoms with Crippen LogP contribution in [0.3, 0.4) is 0 Å². The monoisotopic (exact) mass is 597 g/mol. The van der Waals surface area contributed by atoms with Crippen LogP contribution in [0.2, 0.25) is 0 Å². The summed E-state index contributed by atoms with van der Waals surface area (Å²) in [5, 5.41) is 11.7. The van der Waals surface area contributed by atoms with Gasteiger partial charge < -0.3 is 29.8 Å². The van der Waals surface area contributed by atoms with Crippen molar-refractivity contribution in [2.75, 3.05) is 13.1 Å². The Morgan fingerprint density at radius 1 is 1.09 bits per heavy atom. The number of halogens is 2. The smallest absolute Gasteiger partial charge is 0.342 e. The molecule has 5 rings (SSSR count). The number of carbonyl (C=O) groups excluding carboxylic acids is 3. The number of hydrogen-bond donors (Lipinski definition) is 3. The number of carbonyl (C=O) groups is 3. The molecule has 1 unspecified atom stereocenters. The quantitative estimate of drug-likeness (QED) is 0.260. The molecule has 230 valence electrons. The standard InChI is InChI=1S/C13H12O.C9H9N3O.C8H14N2O2.CH2F2O/c1-11-6-5-9-13(10-11)14-12-7-3-2-4-8-12;13-7-11-4-8-3-9-5-10-1-2-12(9)6-8;1-7-3-2-4-10(7)8(12)5-9-6-11;2-1(3)4/h2-10H,1H3;1-3,5-7H,4H2,(H,11,13);6-7H,2-5H2,1H3,(H,9,11);1,4H. The second-order valence-corrected chi connectivity index (χ2v) is 9.34. The summed E-state index contributed by atoms with van der Waals surface area (Å²) in [6.07, 6.45) is 10.8. The maximum Gasteiger partial charge on any atom is 0.342 e. The van der Waals surface area contributed by atoms with Crippen LogP contribution < -0.4 is 15.4 Å². The van der Waals surface area contributed by atoms with Gasteiger partial charge in [0.05, 0.1) is 18.3 Å². The number of amides is 3. The SMILES string of the molecule is CC1CCCN1C(=O)CNC=O.Cc1cccc(Oc2ccccc2)c1.O=CNCc1cc2cnccn2c1.OC(F)F. The first-order valence-corrected chi connectivity index (χ1v) is 13.5. The number of nitrogens with zero attached hydrogens (tertiary/aromatic N) is 3. The van der Waals surface area contributed by atoms with Gasteiger partial charge in [0.25, 0.3) is 0 Å². The van der Waals surface area contributed by atoms with E-state index >= 15 is 0 Å². The molecule has 2 aromatic carbocycles. The van der Waals surface area contributed by atoms with Crippen LogP contribution in [0, 0.1) is 6.92 Å². The lowest BCUT2D eigenvalue weighted by Gasteiger charge is -2.20. The maximum atomic E-state index is 11.3. The number of fused-ring (bicyclic) bond motifs is 1. The normalized spacial score (nSPS) is 13.3. The van der Waals surface area contributed by atoms with Gasteiger partial charge in [0.15, 0.2) is 0 Å². The van der Waals surface area contributed by atoms with Crippen molar-refractivity contribution in [2.24, 2.45) is 0 Å². The third kappa shape index (κ3) is 13.6. The van der Waals surface area contributed by atoms with E-state index in [4.69, 9.17) is 9.84 Å². The fourth-order valence-corrected chi connectivity index (χ4v) is 4.11. The Morgan fingerprint density at radius 2 is 1.79 bits per heavy atom. The summed E-state index contributed by atoms with van der Waals surface area (Å²) in [6, 6.07) is 20.2. The first kappa shape index (κ1) is 34.4. The van der Waals surface area contributed by atoms with Crippen molar-refractivity contribution in [3.05, 3.63) is 96.6 Å². The van der Waals surface area contributed by atoms with Crippen LogP contribution in [-0.4, -0.2) is 63.9 Å². The molecular formula is C31H37F2N5O5. The number of para-hydroxylation sites is 1. The van der Waals surface area contributed by atoms with Crippen molar-refractivity contribution in [1.82, 2.24) is 24.9 Å². The average Bonchev–Trinajstić information content (AvgIpc) is 3.61. The lowest BCUT2D eigenvalue weighted by Crippen LogP contribution is -2.39. The highest BCUT2D eigenvalue weighted by atomic mass is 19.3. The molecule has 0 saturated carbocycles. The summed E-state index contributed by atoms with van der Waals surface area (Å²) >= 11 is 0. The fraction of sp³-hybridized carbons (Fsp3) is 0.290. The van der Waals surface area contributed by atoms with Crippen LogP contribution in [0.1, 0.15) is 30.9 Å². The summed E-state index contributed by atoms with van der Waals surface area (Å²) in [7, 11) is 0. The Bertz CT molecular complexity index is 1350. The molecule has 1 atom stereocenters. The number of benzene rings is 2. The van der Waals surface area contributed by atoms with Crippen molar-refractivity contribution < 1.29 is 33.0 Å². The van der Waals surface area contributed by atoms with Crippen LogP contribution in [0.4, 0.5) is 8.78 Å². The second kappa shape index (κ2) is 19.3. The van der Waals surface area contributed by atoms with Gasteiger partial charge in [-0.3, -0.25) is 19.4 Å². The molecule has 0 radical (unpaired) electrons. The Kier molecular flexibility index (Phi) is 15.4. The van der Waals surface area contributed by atoms with E-state index in [-0.39, 0.29) is 12.5 Å². The molecular weight excluding hydrogens is 560 g/mol. The lowest BCUT2D eigenvalue weighted by molar-refractivity contribution is -0.131. The predicted octanol–water partition coefficient (Wildman–Crippen LogP) is 4.31. The average molecular weight is 598 g/mol. The van der Waals surface area contributed by atoms with Crippen LogP contribution >= 0.6 is 0 Å². The summed E-state index contributed by atoms with van der Waals surface area (Å²) in [5.74, 6) is 1.78. The van der Waals surface area contributed by atoms with Crippen molar-refractivity contribution in [2.45, 2.75) is 45.9 Å².